The lowest BCUT2D eigenvalue weighted by Gasteiger charge is -2.22. The maximum atomic E-state index is 12.8. The normalized spacial score (nSPS) is 12.8. The van der Waals surface area contributed by atoms with Crippen LogP contribution in [0.3, 0.4) is 0 Å². The summed E-state index contributed by atoms with van der Waals surface area (Å²) in [5, 5.41) is 21.7. The van der Waals surface area contributed by atoms with Crippen LogP contribution in [-0.4, -0.2) is 23.2 Å². The molecule has 1 amide bonds. The Bertz CT molecular complexity index is 785. The van der Waals surface area contributed by atoms with E-state index in [-0.39, 0.29) is 6.61 Å². The smallest absolute Gasteiger partial charge is 0.259 e. The van der Waals surface area contributed by atoms with Crippen LogP contribution in [-0.2, 0) is 4.79 Å². The molecule has 5 nitrogen and oxygen atoms in total. The number of anilines is 1. The molecular formula is C17H14FIN2O3. The van der Waals surface area contributed by atoms with Gasteiger partial charge >= 0.3 is 0 Å². The molecule has 1 atom stereocenters. The number of nitrogens with one attached hydrogen (secondary N) is 1. The minimum absolute atomic E-state index is 0.294. The average Bonchev–Trinajstić information content (AvgIpc) is 2.54. The van der Waals surface area contributed by atoms with Crippen LogP contribution in [0.1, 0.15) is 12.5 Å². The summed E-state index contributed by atoms with van der Waals surface area (Å²) in [6.45, 7) is 1.03. The molecule has 0 aliphatic heterocycles. The lowest BCUT2D eigenvalue weighted by molar-refractivity contribution is -0.135. The largest absolute Gasteiger partial charge is 0.490 e. The molecule has 0 aliphatic rings. The number of nitriles is 1. The first-order valence-electron chi connectivity index (χ1n) is 6.94. The summed E-state index contributed by atoms with van der Waals surface area (Å²) in [5.41, 5.74) is -0.821. The average molecular weight is 440 g/mol. The van der Waals surface area contributed by atoms with Crippen molar-refractivity contribution < 1.29 is 19.0 Å². The third kappa shape index (κ3) is 4.66. The van der Waals surface area contributed by atoms with Crippen molar-refractivity contribution in [3.63, 3.8) is 0 Å². The van der Waals surface area contributed by atoms with Gasteiger partial charge in [0, 0.05) is 9.26 Å². The topological polar surface area (TPSA) is 82.3 Å². The Morgan fingerprint density at radius 1 is 1.38 bits per heavy atom. The van der Waals surface area contributed by atoms with Gasteiger partial charge in [-0.15, -0.1) is 0 Å². The third-order valence-corrected chi connectivity index (χ3v) is 4.06. The molecule has 0 heterocycles. The summed E-state index contributed by atoms with van der Waals surface area (Å²) in [6.07, 6.45) is 0. The molecule has 0 saturated heterocycles. The van der Waals surface area contributed by atoms with E-state index in [2.05, 4.69) is 5.32 Å². The standard InChI is InChI=1S/C17H14FIN2O3/c1-17(23,10-24-14-6-3-12(18)4-7-14)16(22)21-13-5-2-11(9-20)15(19)8-13/h2-8,23H,10H2,1H3,(H,21,22). The van der Waals surface area contributed by atoms with Crippen LogP contribution < -0.4 is 10.1 Å². The van der Waals surface area contributed by atoms with Crippen LogP contribution in [0.2, 0.25) is 0 Å². The minimum atomic E-state index is -1.78. The lowest BCUT2D eigenvalue weighted by Crippen LogP contribution is -2.45. The summed E-state index contributed by atoms with van der Waals surface area (Å²) in [4.78, 5) is 12.2. The highest BCUT2D eigenvalue weighted by atomic mass is 127. The molecule has 2 aromatic rings. The lowest BCUT2D eigenvalue weighted by atomic mass is 10.1. The van der Waals surface area contributed by atoms with E-state index in [4.69, 9.17) is 10.00 Å². The van der Waals surface area contributed by atoms with Gasteiger partial charge in [0.2, 0.25) is 0 Å². The van der Waals surface area contributed by atoms with E-state index in [0.29, 0.717) is 20.6 Å². The molecule has 0 spiro atoms. The molecule has 7 heteroatoms. The van der Waals surface area contributed by atoms with Crippen molar-refractivity contribution in [3.05, 3.63) is 57.4 Å². The molecular weight excluding hydrogens is 426 g/mol. The monoisotopic (exact) mass is 440 g/mol. The maximum absolute atomic E-state index is 12.8. The Balaban J connectivity index is 2.00. The van der Waals surface area contributed by atoms with E-state index < -0.39 is 17.3 Å². The highest BCUT2D eigenvalue weighted by molar-refractivity contribution is 14.1. The molecule has 1 unspecified atom stereocenters. The molecule has 0 aromatic heterocycles. The Kier molecular flexibility index (Phi) is 5.75. The number of amides is 1. The second-order valence-electron chi connectivity index (χ2n) is 5.28. The van der Waals surface area contributed by atoms with Crippen LogP contribution in [0.15, 0.2) is 42.5 Å². The van der Waals surface area contributed by atoms with Gasteiger partial charge < -0.3 is 15.2 Å². The first kappa shape index (κ1) is 18.2. The second-order valence-corrected chi connectivity index (χ2v) is 6.44. The zero-order valence-electron chi connectivity index (χ0n) is 12.7. The Morgan fingerprint density at radius 2 is 2.04 bits per heavy atom. The van der Waals surface area contributed by atoms with Gasteiger partial charge in [-0.3, -0.25) is 4.79 Å². The SMILES string of the molecule is CC(O)(COc1ccc(F)cc1)C(=O)Nc1ccc(C#N)c(I)c1. The predicted molar refractivity (Wildman–Crippen MR) is 95.0 cm³/mol. The van der Waals surface area contributed by atoms with E-state index in [1.54, 1.807) is 18.2 Å². The van der Waals surface area contributed by atoms with Gasteiger partial charge in [-0.1, -0.05) is 0 Å². The quantitative estimate of drug-likeness (QED) is 0.701. The van der Waals surface area contributed by atoms with E-state index in [9.17, 15) is 14.3 Å². The number of rotatable bonds is 5. The Morgan fingerprint density at radius 3 is 2.62 bits per heavy atom. The van der Waals surface area contributed by atoms with Crippen molar-refractivity contribution in [1.29, 1.82) is 5.26 Å². The first-order valence-corrected chi connectivity index (χ1v) is 8.01. The molecule has 124 valence electrons. The molecule has 2 N–H and O–H groups in total. The number of halogens is 2. The number of benzene rings is 2. The number of nitrogens with zero attached hydrogens (tertiary/aromatic N) is 1. The molecule has 2 aromatic carbocycles. The Hall–Kier alpha value is -2.18. The number of hydrogen-bond acceptors (Lipinski definition) is 4. The fraction of sp³-hybridized carbons (Fsp3) is 0.176. The van der Waals surface area contributed by atoms with Crippen molar-refractivity contribution in [3.8, 4) is 11.8 Å². The van der Waals surface area contributed by atoms with Crippen molar-refractivity contribution in [2.45, 2.75) is 12.5 Å². The van der Waals surface area contributed by atoms with Gasteiger partial charge in [0.1, 0.15) is 24.2 Å². The maximum Gasteiger partial charge on any atom is 0.259 e. The molecule has 24 heavy (non-hydrogen) atoms. The van der Waals surface area contributed by atoms with Crippen molar-refractivity contribution in [2.24, 2.45) is 0 Å². The van der Waals surface area contributed by atoms with Gasteiger partial charge in [0.25, 0.3) is 5.91 Å². The molecule has 0 aliphatic carbocycles. The van der Waals surface area contributed by atoms with E-state index in [1.807, 2.05) is 28.7 Å². The summed E-state index contributed by atoms with van der Waals surface area (Å²) >= 11 is 1.99. The van der Waals surface area contributed by atoms with Gasteiger partial charge in [-0.05, 0) is 72.0 Å². The van der Waals surface area contributed by atoms with Crippen LogP contribution in [0, 0.1) is 20.7 Å². The number of aliphatic hydroxyl groups is 1. The molecule has 0 fully saturated rings. The minimum Gasteiger partial charge on any atom is -0.490 e. The predicted octanol–water partition coefficient (Wildman–Crippen LogP) is 3.07. The number of hydrogen-bond donors (Lipinski definition) is 2. The number of carbonyl (C=O) groups is 1. The van der Waals surface area contributed by atoms with E-state index in [0.717, 1.165) is 0 Å². The van der Waals surface area contributed by atoms with Crippen LogP contribution in [0.5, 0.6) is 5.75 Å². The zero-order chi connectivity index (χ0) is 17.7. The molecule has 0 bridgehead atoms. The van der Waals surface area contributed by atoms with Crippen molar-refractivity contribution >= 4 is 34.2 Å². The van der Waals surface area contributed by atoms with Gasteiger partial charge in [0.05, 0.1) is 5.56 Å². The molecule has 0 radical (unpaired) electrons. The van der Waals surface area contributed by atoms with Crippen molar-refractivity contribution in [1.82, 2.24) is 0 Å². The van der Waals surface area contributed by atoms with Crippen LogP contribution in [0.4, 0.5) is 10.1 Å². The summed E-state index contributed by atoms with van der Waals surface area (Å²) < 4.78 is 18.8. The van der Waals surface area contributed by atoms with Gasteiger partial charge in [0.15, 0.2) is 5.60 Å². The number of carbonyl (C=O) groups excluding carboxylic acids is 1. The van der Waals surface area contributed by atoms with Crippen molar-refractivity contribution in [2.75, 3.05) is 11.9 Å². The van der Waals surface area contributed by atoms with Gasteiger partial charge in [-0.2, -0.15) is 5.26 Å². The summed E-state index contributed by atoms with van der Waals surface area (Å²) in [7, 11) is 0. The fourth-order valence-electron chi connectivity index (χ4n) is 1.77. The second kappa shape index (κ2) is 7.59. The van der Waals surface area contributed by atoms with Crippen LogP contribution in [0.25, 0.3) is 0 Å². The molecule has 2 rings (SSSR count). The zero-order valence-corrected chi connectivity index (χ0v) is 14.9. The van der Waals surface area contributed by atoms with E-state index in [1.165, 1.54) is 31.2 Å². The highest BCUT2D eigenvalue weighted by Crippen LogP contribution is 2.19. The third-order valence-electron chi connectivity index (χ3n) is 3.17. The van der Waals surface area contributed by atoms with E-state index >= 15 is 0 Å². The Labute approximate surface area is 152 Å². The molecule has 0 saturated carbocycles. The van der Waals surface area contributed by atoms with Crippen LogP contribution >= 0.6 is 22.6 Å². The highest BCUT2D eigenvalue weighted by Gasteiger charge is 2.31. The fourth-order valence-corrected chi connectivity index (χ4v) is 2.41. The summed E-state index contributed by atoms with van der Waals surface area (Å²) in [6, 6.07) is 12.1. The number of ether oxygens (including phenoxy) is 1. The summed E-state index contributed by atoms with van der Waals surface area (Å²) in [5.74, 6) is -0.704. The van der Waals surface area contributed by atoms with Gasteiger partial charge in [-0.25, -0.2) is 4.39 Å². The first-order chi connectivity index (χ1) is 11.3.